The number of hydrogen-bond donors (Lipinski definition) is 1. The van der Waals surface area contributed by atoms with Gasteiger partial charge in [-0.25, -0.2) is 0 Å². The van der Waals surface area contributed by atoms with Crippen molar-refractivity contribution in [2.45, 2.75) is 30.0 Å². The highest BCUT2D eigenvalue weighted by Crippen LogP contribution is 2.40. The van der Waals surface area contributed by atoms with E-state index >= 15 is 0 Å². The van der Waals surface area contributed by atoms with Gasteiger partial charge in [-0.15, -0.1) is 11.8 Å². The van der Waals surface area contributed by atoms with Gasteiger partial charge in [0.1, 0.15) is 5.75 Å². The molecular formula is C19H19NO4S. The molecule has 0 fully saturated rings. The third kappa shape index (κ3) is 3.96. The molecule has 0 aromatic heterocycles. The van der Waals surface area contributed by atoms with Gasteiger partial charge in [-0.1, -0.05) is 24.3 Å². The number of benzene rings is 2. The Morgan fingerprint density at radius 1 is 1.20 bits per heavy atom. The predicted molar refractivity (Wildman–Crippen MR) is 97.1 cm³/mol. The minimum absolute atomic E-state index is 0.167. The van der Waals surface area contributed by atoms with Crippen LogP contribution in [0.5, 0.6) is 5.75 Å². The topological polar surface area (TPSA) is 66.8 Å². The van der Waals surface area contributed by atoms with Gasteiger partial charge in [0, 0.05) is 4.90 Å². The van der Waals surface area contributed by atoms with Crippen molar-refractivity contribution < 1.29 is 19.4 Å². The maximum Gasteiger partial charge on any atom is 0.305 e. The first-order chi connectivity index (χ1) is 12.1. The number of thioether (sulfide) groups is 1. The summed E-state index contributed by atoms with van der Waals surface area (Å²) in [6.45, 7) is 2.93. The average molecular weight is 357 g/mol. The van der Waals surface area contributed by atoms with Gasteiger partial charge in [0.15, 0.2) is 0 Å². The second-order valence-corrected chi connectivity index (χ2v) is 6.92. The van der Waals surface area contributed by atoms with E-state index in [-0.39, 0.29) is 12.3 Å². The van der Waals surface area contributed by atoms with Crippen LogP contribution in [0.15, 0.2) is 53.4 Å². The van der Waals surface area contributed by atoms with Crippen molar-refractivity contribution in [3.05, 3.63) is 54.1 Å². The van der Waals surface area contributed by atoms with E-state index in [1.54, 1.807) is 4.90 Å². The fraction of sp³-hybridized carbons (Fsp3) is 0.263. The van der Waals surface area contributed by atoms with E-state index in [9.17, 15) is 9.59 Å². The highest BCUT2D eigenvalue weighted by Gasteiger charge is 2.34. The molecular weight excluding hydrogens is 338 g/mol. The molecule has 1 aliphatic heterocycles. The lowest BCUT2D eigenvalue weighted by molar-refractivity contribution is -0.138. The molecule has 6 heteroatoms. The number of para-hydroxylation sites is 1. The summed E-state index contributed by atoms with van der Waals surface area (Å²) in [5.74, 6) is -0.345. The Morgan fingerprint density at radius 2 is 1.92 bits per heavy atom. The van der Waals surface area contributed by atoms with Crippen molar-refractivity contribution in [3.63, 3.8) is 0 Å². The zero-order chi connectivity index (χ0) is 17.8. The summed E-state index contributed by atoms with van der Waals surface area (Å²) in [4.78, 5) is 26.5. The molecule has 0 saturated carbocycles. The number of nitrogens with zero attached hydrogens (tertiary/aromatic N) is 1. The van der Waals surface area contributed by atoms with Crippen LogP contribution >= 0.6 is 11.8 Å². The lowest BCUT2D eigenvalue weighted by Crippen LogP contribution is -2.41. The van der Waals surface area contributed by atoms with Gasteiger partial charge in [0.2, 0.25) is 5.91 Å². The molecule has 25 heavy (non-hydrogen) atoms. The number of amides is 1. The highest BCUT2D eigenvalue weighted by molar-refractivity contribution is 8.01. The number of rotatable bonds is 6. The molecule has 1 heterocycles. The monoisotopic (exact) mass is 357 g/mol. The van der Waals surface area contributed by atoms with E-state index in [0.29, 0.717) is 13.2 Å². The van der Waals surface area contributed by atoms with Crippen molar-refractivity contribution in [1.82, 2.24) is 0 Å². The molecule has 1 amide bonds. The molecule has 5 nitrogen and oxygen atoms in total. The van der Waals surface area contributed by atoms with E-state index < -0.39 is 11.2 Å². The number of carbonyl (C=O) groups excluding carboxylic acids is 1. The number of hydrogen-bond acceptors (Lipinski definition) is 4. The van der Waals surface area contributed by atoms with Crippen LogP contribution in [0.1, 0.15) is 18.9 Å². The minimum atomic E-state index is -0.966. The molecule has 0 bridgehead atoms. The van der Waals surface area contributed by atoms with Crippen LogP contribution in [0.25, 0.3) is 0 Å². The zero-order valence-corrected chi connectivity index (χ0v) is 14.7. The molecule has 0 saturated heterocycles. The largest absolute Gasteiger partial charge is 0.494 e. The lowest BCUT2D eigenvalue weighted by Gasteiger charge is -2.33. The molecule has 3 rings (SSSR count). The molecule has 0 aliphatic carbocycles. The molecule has 0 spiro atoms. The maximum atomic E-state index is 12.8. The van der Waals surface area contributed by atoms with Gasteiger partial charge in [-0.2, -0.15) is 0 Å². The number of carboxylic acids is 1. The summed E-state index contributed by atoms with van der Waals surface area (Å²) in [5, 5.41) is 8.49. The van der Waals surface area contributed by atoms with Gasteiger partial charge >= 0.3 is 5.97 Å². The van der Waals surface area contributed by atoms with E-state index in [1.807, 2.05) is 55.5 Å². The summed E-state index contributed by atoms with van der Waals surface area (Å²) in [6.07, 6.45) is -0.183. The minimum Gasteiger partial charge on any atom is -0.494 e. The summed E-state index contributed by atoms with van der Waals surface area (Å²) in [6, 6.07) is 15.2. The van der Waals surface area contributed by atoms with Crippen LogP contribution in [0.2, 0.25) is 0 Å². The van der Waals surface area contributed by atoms with Crippen molar-refractivity contribution in [2.24, 2.45) is 0 Å². The van der Waals surface area contributed by atoms with Gasteiger partial charge in [-0.05, 0) is 36.8 Å². The third-order valence-electron chi connectivity index (χ3n) is 3.90. The summed E-state index contributed by atoms with van der Waals surface area (Å²) in [5.41, 5.74) is 1.79. The smallest absolute Gasteiger partial charge is 0.305 e. The van der Waals surface area contributed by atoms with Crippen LogP contribution in [0.3, 0.4) is 0 Å². The molecule has 1 N–H and O–H groups in total. The number of anilines is 1. The number of ether oxygens (including phenoxy) is 1. The Hall–Kier alpha value is -2.47. The van der Waals surface area contributed by atoms with Crippen LogP contribution in [0, 0.1) is 0 Å². The van der Waals surface area contributed by atoms with Crippen LogP contribution in [-0.4, -0.2) is 28.8 Å². The van der Waals surface area contributed by atoms with E-state index in [2.05, 4.69) is 0 Å². The molecule has 2 aromatic carbocycles. The van der Waals surface area contributed by atoms with Crippen molar-refractivity contribution in [2.75, 3.05) is 11.5 Å². The fourth-order valence-corrected chi connectivity index (χ4v) is 3.98. The van der Waals surface area contributed by atoms with Crippen LogP contribution in [-0.2, 0) is 16.1 Å². The third-order valence-corrected chi connectivity index (χ3v) is 5.15. The Balaban J connectivity index is 1.87. The quantitative estimate of drug-likeness (QED) is 0.856. The highest BCUT2D eigenvalue weighted by atomic mass is 32.2. The normalized spacial score (nSPS) is 16.4. The van der Waals surface area contributed by atoms with E-state index in [0.717, 1.165) is 21.9 Å². The first kappa shape index (κ1) is 17.4. The first-order valence-corrected chi connectivity index (χ1v) is 8.97. The number of fused-ring (bicyclic) bond motifs is 1. The maximum absolute atomic E-state index is 12.8. The Kier molecular flexibility index (Phi) is 5.28. The number of carbonyl (C=O) groups is 2. The van der Waals surface area contributed by atoms with Crippen LogP contribution in [0.4, 0.5) is 5.69 Å². The standard InChI is InChI=1S/C19H19NO4S/c1-2-24-14-9-7-13(8-10-14)12-20-15-5-3-4-6-16(15)25-17(19(20)23)11-18(21)22/h3-10,17H,2,11-12H2,1H3,(H,21,22). The fourth-order valence-electron chi connectivity index (χ4n) is 2.77. The Labute approximate surface area is 150 Å². The molecule has 2 aromatic rings. The second kappa shape index (κ2) is 7.61. The number of aliphatic carboxylic acids is 1. The molecule has 1 atom stereocenters. The van der Waals surface area contributed by atoms with Crippen LogP contribution < -0.4 is 9.64 Å². The molecule has 0 radical (unpaired) electrons. The van der Waals surface area contributed by atoms with Gasteiger partial charge < -0.3 is 14.7 Å². The van der Waals surface area contributed by atoms with Crippen molar-refractivity contribution in [1.29, 1.82) is 0 Å². The summed E-state index contributed by atoms with van der Waals surface area (Å²) >= 11 is 1.32. The summed E-state index contributed by atoms with van der Waals surface area (Å²) < 4.78 is 5.44. The lowest BCUT2D eigenvalue weighted by atomic mass is 10.1. The first-order valence-electron chi connectivity index (χ1n) is 8.09. The Morgan fingerprint density at radius 3 is 2.60 bits per heavy atom. The van der Waals surface area contributed by atoms with E-state index in [1.165, 1.54) is 11.8 Å². The van der Waals surface area contributed by atoms with Gasteiger partial charge in [-0.3, -0.25) is 9.59 Å². The molecule has 1 aliphatic rings. The average Bonchev–Trinajstić information content (AvgIpc) is 2.60. The van der Waals surface area contributed by atoms with Crippen molar-refractivity contribution in [3.8, 4) is 5.75 Å². The molecule has 1 unspecified atom stereocenters. The number of carboxylic acid groups (broad SMARTS) is 1. The van der Waals surface area contributed by atoms with Crippen molar-refractivity contribution >= 4 is 29.3 Å². The van der Waals surface area contributed by atoms with Gasteiger partial charge in [0.25, 0.3) is 0 Å². The summed E-state index contributed by atoms with van der Waals surface area (Å²) in [7, 11) is 0. The zero-order valence-electron chi connectivity index (χ0n) is 13.8. The SMILES string of the molecule is CCOc1ccc(CN2C(=O)C(CC(=O)O)Sc3ccccc32)cc1. The predicted octanol–water partition coefficient (Wildman–Crippen LogP) is 3.57. The van der Waals surface area contributed by atoms with Gasteiger partial charge in [0.05, 0.1) is 30.5 Å². The molecule has 130 valence electrons. The second-order valence-electron chi connectivity index (χ2n) is 5.67. The van der Waals surface area contributed by atoms with E-state index in [4.69, 9.17) is 9.84 Å². The Bertz CT molecular complexity index is 775.